The van der Waals surface area contributed by atoms with Crippen LogP contribution in [0.4, 0.5) is 15.8 Å². The van der Waals surface area contributed by atoms with Crippen molar-refractivity contribution in [1.82, 2.24) is 0 Å². The van der Waals surface area contributed by atoms with Crippen LogP contribution in [0, 0.1) is 5.82 Å². The Bertz CT molecular complexity index is 960. The fraction of sp³-hybridized carbons (Fsp3) is 0.316. The van der Waals surface area contributed by atoms with E-state index < -0.39 is 26.8 Å². The Hall–Kier alpha value is -1.97. The Morgan fingerprint density at radius 1 is 1.18 bits per heavy atom. The number of hydrogen-bond acceptors (Lipinski definition) is 5. The smallest absolute Gasteiger partial charge is 0.242 e. The second kappa shape index (κ2) is 8.59. The van der Waals surface area contributed by atoms with Crippen LogP contribution in [0.5, 0.6) is 0 Å². The molecule has 1 N–H and O–H groups in total. The Balaban J connectivity index is 1.84. The number of rotatable bonds is 5. The Morgan fingerprint density at radius 3 is 2.46 bits per heavy atom. The number of nitrogens with zero attached hydrogens (tertiary/aromatic N) is 1. The number of amides is 1. The summed E-state index contributed by atoms with van der Waals surface area (Å²) in [7, 11) is -3.95. The lowest BCUT2D eigenvalue weighted by atomic mass is 10.2. The van der Waals surface area contributed by atoms with Gasteiger partial charge in [-0.05, 0) is 49.4 Å². The van der Waals surface area contributed by atoms with Crippen molar-refractivity contribution in [2.75, 3.05) is 36.5 Å². The number of benzene rings is 2. The highest BCUT2D eigenvalue weighted by Crippen LogP contribution is 2.30. The molecule has 2 aromatic rings. The van der Waals surface area contributed by atoms with E-state index in [-0.39, 0.29) is 4.90 Å². The third-order valence-electron chi connectivity index (χ3n) is 4.55. The topological polar surface area (TPSA) is 75.7 Å². The van der Waals surface area contributed by atoms with E-state index in [1.807, 2.05) is 12.1 Å². The molecule has 3 rings (SSSR count). The molecule has 9 heteroatoms. The lowest BCUT2D eigenvalue weighted by Crippen LogP contribution is -2.37. The summed E-state index contributed by atoms with van der Waals surface area (Å²) >= 11 is 3.38. The van der Waals surface area contributed by atoms with Gasteiger partial charge in [-0.25, -0.2) is 12.8 Å². The minimum atomic E-state index is -3.95. The average Bonchev–Trinajstić information content (AvgIpc) is 2.68. The minimum absolute atomic E-state index is 0.0980. The van der Waals surface area contributed by atoms with Crippen LogP contribution in [-0.2, 0) is 19.4 Å². The van der Waals surface area contributed by atoms with Gasteiger partial charge in [0.1, 0.15) is 11.1 Å². The molecule has 6 nitrogen and oxygen atoms in total. The van der Waals surface area contributed by atoms with Gasteiger partial charge < -0.3 is 15.0 Å². The van der Waals surface area contributed by atoms with Crippen LogP contribution in [0.3, 0.4) is 0 Å². The predicted octanol–water partition coefficient (Wildman–Crippen LogP) is 3.23. The van der Waals surface area contributed by atoms with Crippen LogP contribution >= 0.6 is 15.9 Å². The Labute approximate surface area is 171 Å². The highest BCUT2D eigenvalue weighted by Gasteiger charge is 2.30. The maximum atomic E-state index is 13.1. The number of carbonyl (C=O) groups is 1. The summed E-state index contributed by atoms with van der Waals surface area (Å²) < 4.78 is 44.6. The van der Waals surface area contributed by atoms with Crippen molar-refractivity contribution in [2.45, 2.75) is 17.1 Å². The summed E-state index contributed by atoms with van der Waals surface area (Å²) in [4.78, 5) is 14.7. The second-order valence-corrected chi connectivity index (χ2v) is 9.58. The normalized spacial score (nSPS) is 15.9. The summed E-state index contributed by atoms with van der Waals surface area (Å²) in [6.45, 7) is 3.83. The van der Waals surface area contributed by atoms with Gasteiger partial charge >= 0.3 is 0 Å². The first kappa shape index (κ1) is 20.8. The molecule has 0 aromatic heterocycles. The quantitative estimate of drug-likeness (QED) is 0.678. The number of ether oxygens (including phenoxy) is 1. The van der Waals surface area contributed by atoms with Crippen molar-refractivity contribution in [1.29, 1.82) is 0 Å². The van der Waals surface area contributed by atoms with Crippen LogP contribution in [0.1, 0.15) is 6.92 Å². The monoisotopic (exact) mass is 470 g/mol. The van der Waals surface area contributed by atoms with Crippen molar-refractivity contribution >= 4 is 43.0 Å². The highest BCUT2D eigenvalue weighted by atomic mass is 79.9. The molecule has 1 aliphatic heterocycles. The van der Waals surface area contributed by atoms with E-state index in [9.17, 15) is 17.6 Å². The Morgan fingerprint density at radius 2 is 1.82 bits per heavy atom. The van der Waals surface area contributed by atoms with Crippen LogP contribution < -0.4 is 10.2 Å². The minimum Gasteiger partial charge on any atom is -0.378 e. The van der Waals surface area contributed by atoms with E-state index >= 15 is 0 Å². The number of nitrogens with one attached hydrogen (secondary N) is 1. The maximum absolute atomic E-state index is 13.1. The van der Waals surface area contributed by atoms with E-state index in [1.165, 1.54) is 6.92 Å². The highest BCUT2D eigenvalue weighted by molar-refractivity contribution is 9.10. The molecule has 2 aromatic carbocycles. The van der Waals surface area contributed by atoms with E-state index in [0.717, 1.165) is 34.4 Å². The van der Waals surface area contributed by atoms with Crippen molar-refractivity contribution in [3.63, 3.8) is 0 Å². The zero-order valence-electron chi connectivity index (χ0n) is 15.2. The standard InChI is InChI=1S/C19H20BrFN2O4S/c1-13(28(25,26)16-5-3-15(21)4-6-16)19(24)22-17-12-14(20)2-7-18(17)23-8-10-27-11-9-23/h2-7,12-13H,8-11H2,1H3,(H,22,24). The van der Waals surface area contributed by atoms with Crippen LogP contribution in [0.25, 0.3) is 0 Å². The van der Waals surface area contributed by atoms with E-state index in [1.54, 1.807) is 6.07 Å². The van der Waals surface area contributed by atoms with E-state index in [2.05, 4.69) is 26.1 Å². The van der Waals surface area contributed by atoms with E-state index in [0.29, 0.717) is 32.0 Å². The Kier molecular flexibility index (Phi) is 6.36. The molecule has 28 heavy (non-hydrogen) atoms. The van der Waals surface area contributed by atoms with Gasteiger partial charge in [0.05, 0.1) is 29.5 Å². The average molecular weight is 471 g/mol. The molecular formula is C19H20BrFN2O4S. The molecule has 0 spiro atoms. The third-order valence-corrected chi connectivity index (χ3v) is 7.11. The third kappa shape index (κ3) is 4.53. The van der Waals surface area contributed by atoms with Crippen molar-refractivity contribution in [2.24, 2.45) is 0 Å². The zero-order valence-corrected chi connectivity index (χ0v) is 17.6. The SMILES string of the molecule is CC(C(=O)Nc1cc(Br)ccc1N1CCOCC1)S(=O)(=O)c1ccc(F)cc1. The number of carbonyl (C=O) groups excluding carboxylic acids is 1. The van der Waals surface area contributed by atoms with Crippen molar-refractivity contribution in [3.05, 3.63) is 52.8 Å². The molecule has 0 saturated carbocycles. The van der Waals surface area contributed by atoms with Crippen molar-refractivity contribution in [3.8, 4) is 0 Å². The van der Waals surface area contributed by atoms with Crippen molar-refractivity contribution < 1.29 is 22.3 Å². The van der Waals surface area contributed by atoms with Gasteiger partial charge in [-0.3, -0.25) is 4.79 Å². The molecule has 1 saturated heterocycles. The first-order valence-corrected chi connectivity index (χ1v) is 11.1. The zero-order chi connectivity index (χ0) is 20.3. The molecular weight excluding hydrogens is 451 g/mol. The van der Waals surface area contributed by atoms with Crippen LogP contribution in [-0.4, -0.2) is 45.9 Å². The van der Waals surface area contributed by atoms with Crippen LogP contribution in [0.2, 0.25) is 0 Å². The van der Waals surface area contributed by atoms with Gasteiger partial charge in [-0.1, -0.05) is 15.9 Å². The van der Waals surface area contributed by atoms with Gasteiger partial charge in [0.25, 0.3) is 0 Å². The summed E-state index contributed by atoms with van der Waals surface area (Å²) in [6.07, 6.45) is 0. The van der Waals surface area contributed by atoms with Gasteiger partial charge in [-0.15, -0.1) is 0 Å². The summed E-state index contributed by atoms with van der Waals surface area (Å²) in [6, 6.07) is 9.90. The molecule has 1 unspecified atom stereocenters. The number of halogens is 2. The van der Waals surface area contributed by atoms with E-state index in [4.69, 9.17) is 4.74 Å². The van der Waals surface area contributed by atoms with Gasteiger partial charge in [0.15, 0.2) is 9.84 Å². The summed E-state index contributed by atoms with van der Waals surface area (Å²) in [5.41, 5.74) is 1.31. The number of anilines is 2. The fourth-order valence-electron chi connectivity index (χ4n) is 2.89. The molecule has 1 heterocycles. The lowest BCUT2D eigenvalue weighted by Gasteiger charge is -2.30. The van der Waals surface area contributed by atoms with Crippen LogP contribution in [0.15, 0.2) is 51.8 Å². The van der Waals surface area contributed by atoms with Gasteiger partial charge in [-0.2, -0.15) is 0 Å². The summed E-state index contributed by atoms with van der Waals surface area (Å²) in [5, 5.41) is 1.39. The molecule has 1 aliphatic rings. The molecule has 0 bridgehead atoms. The lowest BCUT2D eigenvalue weighted by molar-refractivity contribution is -0.115. The maximum Gasteiger partial charge on any atom is 0.242 e. The molecule has 0 radical (unpaired) electrons. The second-order valence-electron chi connectivity index (χ2n) is 6.39. The number of sulfone groups is 1. The molecule has 1 atom stereocenters. The van der Waals surface area contributed by atoms with Gasteiger partial charge in [0.2, 0.25) is 5.91 Å². The number of hydrogen-bond donors (Lipinski definition) is 1. The fourth-order valence-corrected chi connectivity index (χ4v) is 4.52. The summed E-state index contributed by atoms with van der Waals surface area (Å²) in [5.74, 6) is -1.20. The molecule has 1 fully saturated rings. The first-order valence-electron chi connectivity index (χ1n) is 8.71. The predicted molar refractivity (Wildman–Crippen MR) is 109 cm³/mol. The molecule has 1 amide bonds. The first-order chi connectivity index (χ1) is 13.3. The molecule has 150 valence electrons. The largest absolute Gasteiger partial charge is 0.378 e. The molecule has 0 aliphatic carbocycles. The van der Waals surface area contributed by atoms with Gasteiger partial charge in [0, 0.05) is 17.6 Å². The number of morpholine rings is 1.